The molecule has 232 valence electrons. The predicted molar refractivity (Wildman–Crippen MR) is 162 cm³/mol. The first-order chi connectivity index (χ1) is 21.0. The number of phenols is 1. The number of alkyl halides is 3. The van der Waals surface area contributed by atoms with Crippen LogP contribution in [0.4, 0.5) is 13.2 Å². The summed E-state index contributed by atoms with van der Waals surface area (Å²) in [6.07, 6.45) is 1.95. The molecule has 1 saturated heterocycles. The Kier molecular flexibility index (Phi) is 9.37. The smallest absolute Gasteiger partial charge is 0.416 e. The molecule has 1 aliphatic carbocycles. The summed E-state index contributed by atoms with van der Waals surface area (Å²) in [7, 11) is 1.69. The Labute approximate surface area is 258 Å². The molecule has 1 aliphatic heterocycles. The van der Waals surface area contributed by atoms with Crippen molar-refractivity contribution in [2.24, 2.45) is 0 Å². The second-order valence-corrected chi connectivity index (χ2v) is 12.1. The fourth-order valence-corrected chi connectivity index (χ4v) is 6.49. The van der Waals surface area contributed by atoms with Crippen molar-refractivity contribution in [1.82, 2.24) is 14.8 Å². The summed E-state index contributed by atoms with van der Waals surface area (Å²) in [4.78, 5) is 32.6. The Morgan fingerprint density at radius 1 is 1.09 bits per heavy atom. The Morgan fingerprint density at radius 2 is 1.80 bits per heavy atom. The number of phenolic OH excluding ortho intramolecular Hbond substituents is 1. The molecule has 0 spiro atoms. The van der Waals surface area contributed by atoms with Crippen LogP contribution in [0.1, 0.15) is 73.1 Å². The molecule has 2 aliphatic rings. The maximum Gasteiger partial charge on any atom is 0.416 e. The third-order valence-electron chi connectivity index (χ3n) is 8.73. The molecule has 0 bridgehead atoms. The highest BCUT2D eigenvalue weighted by atomic mass is 35.5. The highest BCUT2D eigenvalue weighted by Crippen LogP contribution is 2.42. The SMILES string of the molecule is CN(Cc1cc(C2CCCC2)cc(-c2cc(-c3cc(C(F)(F)F)ccc3Cl)c(C#N)c(=O)[nH]2)c1O)C(=O)CCN1CCCC1. The van der Waals surface area contributed by atoms with Crippen molar-refractivity contribution >= 4 is 17.5 Å². The number of H-pyrrole nitrogens is 1. The van der Waals surface area contributed by atoms with E-state index in [0.717, 1.165) is 75.4 Å². The van der Waals surface area contributed by atoms with Gasteiger partial charge >= 0.3 is 6.18 Å². The van der Waals surface area contributed by atoms with Crippen molar-refractivity contribution < 1.29 is 23.1 Å². The number of aromatic nitrogens is 1. The van der Waals surface area contributed by atoms with Crippen molar-refractivity contribution in [3.05, 3.63) is 74.0 Å². The van der Waals surface area contributed by atoms with Gasteiger partial charge in [-0.1, -0.05) is 24.4 Å². The van der Waals surface area contributed by atoms with Crippen LogP contribution in [0.3, 0.4) is 0 Å². The van der Waals surface area contributed by atoms with Crippen LogP contribution in [0.2, 0.25) is 5.02 Å². The average molecular weight is 627 g/mol. The molecule has 1 amide bonds. The maximum atomic E-state index is 13.6. The van der Waals surface area contributed by atoms with Gasteiger partial charge in [0.2, 0.25) is 5.91 Å². The lowest BCUT2D eigenvalue weighted by Gasteiger charge is -2.23. The lowest BCUT2D eigenvalue weighted by molar-refractivity contribution is -0.137. The second kappa shape index (κ2) is 13.0. The number of hydrogen-bond acceptors (Lipinski definition) is 5. The van der Waals surface area contributed by atoms with E-state index in [1.165, 1.54) is 6.07 Å². The van der Waals surface area contributed by atoms with E-state index < -0.39 is 22.9 Å². The molecule has 44 heavy (non-hydrogen) atoms. The van der Waals surface area contributed by atoms with Gasteiger partial charge in [-0.05, 0) is 86.7 Å². The summed E-state index contributed by atoms with van der Waals surface area (Å²) in [6.45, 7) is 2.78. The molecular formula is C33H34ClF3N4O3. The fourth-order valence-electron chi connectivity index (χ4n) is 6.27. The van der Waals surface area contributed by atoms with E-state index in [1.54, 1.807) is 24.1 Å². The molecule has 1 aromatic heterocycles. The van der Waals surface area contributed by atoms with E-state index in [-0.39, 0.29) is 51.5 Å². The van der Waals surface area contributed by atoms with E-state index >= 15 is 0 Å². The molecule has 2 heterocycles. The van der Waals surface area contributed by atoms with Crippen molar-refractivity contribution in [2.45, 2.75) is 63.6 Å². The number of benzene rings is 2. The number of amides is 1. The number of nitriles is 1. The standard InChI is InChI=1S/C33H34ClF3N4O3/c1-40(30(42)10-13-41-11-4-5-12-41)19-22-14-21(20-6-2-3-7-20)15-26(31(22)43)29-17-24(27(18-38)32(44)39-29)25-16-23(33(35,36)37)8-9-28(25)34/h8-9,14-17,20,43H,2-7,10-13,19H2,1H3,(H,39,44). The van der Waals surface area contributed by atoms with Gasteiger partial charge in [0.25, 0.3) is 5.56 Å². The number of pyridine rings is 1. The average Bonchev–Trinajstić information content (AvgIpc) is 3.71. The van der Waals surface area contributed by atoms with Crippen molar-refractivity contribution in [3.63, 3.8) is 0 Å². The molecule has 3 aromatic rings. The summed E-state index contributed by atoms with van der Waals surface area (Å²) in [5, 5.41) is 21.2. The van der Waals surface area contributed by atoms with Crippen LogP contribution in [0.25, 0.3) is 22.4 Å². The van der Waals surface area contributed by atoms with Gasteiger partial charge in [0.05, 0.1) is 11.3 Å². The van der Waals surface area contributed by atoms with Crippen LogP contribution in [0.5, 0.6) is 5.75 Å². The third-order valence-corrected chi connectivity index (χ3v) is 9.06. The van der Waals surface area contributed by atoms with Crippen LogP contribution >= 0.6 is 11.6 Å². The van der Waals surface area contributed by atoms with Crippen LogP contribution < -0.4 is 5.56 Å². The van der Waals surface area contributed by atoms with E-state index in [9.17, 15) is 33.1 Å². The van der Waals surface area contributed by atoms with E-state index in [4.69, 9.17) is 11.6 Å². The third kappa shape index (κ3) is 6.79. The number of carbonyl (C=O) groups excluding carboxylic acids is 1. The van der Waals surface area contributed by atoms with Crippen LogP contribution in [-0.2, 0) is 17.5 Å². The zero-order chi connectivity index (χ0) is 31.6. The van der Waals surface area contributed by atoms with E-state index in [1.807, 2.05) is 6.07 Å². The second-order valence-electron chi connectivity index (χ2n) is 11.7. The Morgan fingerprint density at radius 3 is 2.45 bits per heavy atom. The van der Waals surface area contributed by atoms with Gasteiger partial charge in [0, 0.05) is 53.8 Å². The van der Waals surface area contributed by atoms with Gasteiger partial charge in [0.1, 0.15) is 17.4 Å². The number of aromatic amines is 1. The predicted octanol–water partition coefficient (Wildman–Crippen LogP) is 7.06. The molecule has 2 fully saturated rings. The quantitative estimate of drug-likeness (QED) is 0.279. The van der Waals surface area contributed by atoms with Crippen molar-refractivity contribution in [1.29, 1.82) is 5.26 Å². The molecule has 11 heteroatoms. The number of likely N-dealkylation sites (tertiary alicyclic amines) is 1. The first kappa shape index (κ1) is 31.6. The maximum absolute atomic E-state index is 13.6. The number of nitrogens with zero attached hydrogens (tertiary/aromatic N) is 3. The Balaban J connectivity index is 1.57. The topological polar surface area (TPSA) is 100 Å². The molecule has 0 atom stereocenters. The molecule has 2 aromatic carbocycles. The zero-order valence-corrected chi connectivity index (χ0v) is 25.2. The first-order valence-electron chi connectivity index (χ1n) is 14.8. The van der Waals surface area contributed by atoms with Crippen molar-refractivity contribution in [2.75, 3.05) is 26.7 Å². The fraction of sp³-hybridized carbons (Fsp3) is 0.424. The van der Waals surface area contributed by atoms with Gasteiger partial charge in [-0.3, -0.25) is 9.59 Å². The van der Waals surface area contributed by atoms with Crippen molar-refractivity contribution in [3.8, 4) is 34.2 Å². The molecular weight excluding hydrogens is 593 g/mol. The van der Waals surface area contributed by atoms with Gasteiger partial charge in [-0.2, -0.15) is 18.4 Å². The number of halogens is 4. The highest BCUT2D eigenvalue weighted by Gasteiger charge is 2.32. The summed E-state index contributed by atoms with van der Waals surface area (Å²) < 4.78 is 40.7. The monoisotopic (exact) mass is 626 g/mol. The minimum Gasteiger partial charge on any atom is -0.507 e. The van der Waals surface area contributed by atoms with Gasteiger partial charge in [-0.25, -0.2) is 0 Å². The summed E-state index contributed by atoms with van der Waals surface area (Å²) >= 11 is 6.30. The first-order valence-corrected chi connectivity index (χ1v) is 15.2. The molecule has 0 radical (unpaired) electrons. The number of aromatic hydroxyl groups is 1. The minimum atomic E-state index is -4.67. The van der Waals surface area contributed by atoms with E-state index in [2.05, 4.69) is 9.88 Å². The molecule has 7 nitrogen and oxygen atoms in total. The van der Waals surface area contributed by atoms with Crippen LogP contribution in [0, 0.1) is 11.3 Å². The van der Waals surface area contributed by atoms with Crippen LogP contribution in [-0.4, -0.2) is 52.5 Å². The normalized spacial score (nSPS) is 15.9. The van der Waals surface area contributed by atoms with Crippen LogP contribution in [0.15, 0.2) is 41.2 Å². The minimum absolute atomic E-state index is 0.0580. The molecule has 0 unspecified atom stereocenters. The number of nitrogens with one attached hydrogen (secondary N) is 1. The number of rotatable bonds is 8. The molecule has 5 rings (SSSR count). The van der Waals surface area contributed by atoms with Gasteiger partial charge in [0.15, 0.2) is 0 Å². The lowest BCUT2D eigenvalue weighted by Crippen LogP contribution is -2.30. The Hall–Kier alpha value is -3.81. The number of hydrogen-bond donors (Lipinski definition) is 2. The summed E-state index contributed by atoms with van der Waals surface area (Å²) in [5.41, 5.74) is -0.595. The Bertz CT molecular complexity index is 1650. The zero-order valence-electron chi connectivity index (χ0n) is 24.4. The van der Waals surface area contributed by atoms with Gasteiger partial charge < -0.3 is 19.9 Å². The van der Waals surface area contributed by atoms with E-state index in [0.29, 0.717) is 18.5 Å². The number of carbonyl (C=O) groups is 1. The summed E-state index contributed by atoms with van der Waals surface area (Å²) in [5.74, 6) is -0.00322. The van der Waals surface area contributed by atoms with Gasteiger partial charge in [-0.15, -0.1) is 0 Å². The lowest BCUT2D eigenvalue weighted by atomic mass is 9.90. The largest absolute Gasteiger partial charge is 0.507 e. The molecule has 1 saturated carbocycles. The summed E-state index contributed by atoms with van der Waals surface area (Å²) in [6, 6.07) is 9.55. The highest BCUT2D eigenvalue weighted by molar-refractivity contribution is 6.33. The molecule has 2 N–H and O–H groups in total.